The molecule has 0 atom stereocenters. The predicted octanol–water partition coefficient (Wildman–Crippen LogP) is 2.06. The fourth-order valence-corrected chi connectivity index (χ4v) is 2.04. The number of hydrogen-bond acceptors (Lipinski definition) is 3. The van der Waals surface area contributed by atoms with Crippen LogP contribution in [-0.4, -0.2) is 9.97 Å². The van der Waals surface area contributed by atoms with Crippen molar-refractivity contribution in [3.63, 3.8) is 0 Å². The van der Waals surface area contributed by atoms with Gasteiger partial charge >= 0.3 is 0 Å². The van der Waals surface area contributed by atoms with Gasteiger partial charge in [-0.25, -0.2) is 4.98 Å². The summed E-state index contributed by atoms with van der Waals surface area (Å²) in [6.45, 7) is 1.96. The molecule has 0 aliphatic heterocycles. The highest BCUT2D eigenvalue weighted by atomic mass is 32.1. The van der Waals surface area contributed by atoms with E-state index in [0.29, 0.717) is 6.42 Å². The Bertz CT molecular complexity index is 473. The quantitative estimate of drug-likeness (QED) is 0.817. The first kappa shape index (κ1) is 9.15. The third kappa shape index (κ3) is 1.48. The van der Waals surface area contributed by atoms with Crippen LogP contribution in [0.4, 0.5) is 0 Å². The normalized spacial score (nSPS) is 10.4. The van der Waals surface area contributed by atoms with Crippen molar-refractivity contribution in [1.29, 1.82) is 0 Å². The zero-order valence-corrected chi connectivity index (χ0v) is 8.60. The van der Waals surface area contributed by atoms with Crippen LogP contribution in [0.15, 0.2) is 27.9 Å². The molecule has 0 bridgehead atoms. The molecule has 0 unspecified atom stereocenters. The largest absolute Gasteiger partial charge is 0.313 e. The van der Waals surface area contributed by atoms with Crippen molar-refractivity contribution in [3.05, 3.63) is 39.1 Å². The Hall–Kier alpha value is -1.42. The van der Waals surface area contributed by atoms with E-state index in [1.54, 1.807) is 11.3 Å². The molecule has 0 aromatic carbocycles. The fourth-order valence-electron chi connectivity index (χ4n) is 1.40. The van der Waals surface area contributed by atoms with Crippen LogP contribution in [0.25, 0.3) is 11.3 Å². The van der Waals surface area contributed by atoms with Gasteiger partial charge in [-0.15, -0.1) is 0 Å². The molecule has 2 heterocycles. The van der Waals surface area contributed by atoms with Gasteiger partial charge in [0.15, 0.2) is 0 Å². The highest BCUT2D eigenvalue weighted by Gasteiger charge is 2.08. The first-order valence-electron chi connectivity index (χ1n) is 4.42. The van der Waals surface area contributed by atoms with Crippen LogP contribution in [0.1, 0.15) is 12.5 Å². The van der Waals surface area contributed by atoms with Crippen molar-refractivity contribution in [1.82, 2.24) is 9.97 Å². The lowest BCUT2D eigenvalue weighted by Gasteiger charge is -2.02. The van der Waals surface area contributed by atoms with Gasteiger partial charge in [0, 0.05) is 16.5 Å². The average molecular weight is 206 g/mol. The third-order valence-corrected chi connectivity index (χ3v) is 2.78. The van der Waals surface area contributed by atoms with Crippen molar-refractivity contribution >= 4 is 11.3 Å². The Morgan fingerprint density at radius 3 is 3.07 bits per heavy atom. The van der Waals surface area contributed by atoms with Gasteiger partial charge in [-0.1, -0.05) is 6.92 Å². The van der Waals surface area contributed by atoms with Gasteiger partial charge in [0.1, 0.15) is 0 Å². The molecule has 2 aromatic heterocycles. The lowest BCUT2D eigenvalue weighted by Crippen LogP contribution is -2.13. The minimum Gasteiger partial charge on any atom is -0.313 e. The summed E-state index contributed by atoms with van der Waals surface area (Å²) >= 11 is 1.61. The van der Waals surface area contributed by atoms with Crippen LogP contribution in [0.2, 0.25) is 0 Å². The van der Waals surface area contributed by atoms with E-state index in [1.165, 1.54) is 6.33 Å². The zero-order chi connectivity index (χ0) is 9.97. The monoisotopic (exact) mass is 206 g/mol. The molecular formula is C10H10N2OS. The van der Waals surface area contributed by atoms with Gasteiger partial charge in [-0.05, 0) is 17.9 Å². The highest BCUT2D eigenvalue weighted by Crippen LogP contribution is 2.21. The Morgan fingerprint density at radius 1 is 1.57 bits per heavy atom. The summed E-state index contributed by atoms with van der Waals surface area (Å²) in [4.78, 5) is 18.3. The van der Waals surface area contributed by atoms with Crippen molar-refractivity contribution < 1.29 is 0 Å². The molecule has 0 saturated heterocycles. The number of thiophene rings is 1. The molecule has 1 N–H and O–H groups in total. The summed E-state index contributed by atoms with van der Waals surface area (Å²) in [7, 11) is 0. The van der Waals surface area contributed by atoms with E-state index in [0.717, 1.165) is 16.8 Å². The lowest BCUT2D eigenvalue weighted by atomic mass is 10.1. The molecule has 3 nitrogen and oxygen atoms in total. The number of aromatic nitrogens is 2. The molecule has 0 saturated carbocycles. The standard InChI is InChI=1S/C10H10N2OS/c1-2-8-9(7-3-4-14-5-7)11-6-12-10(8)13/h3-6H,2H2,1H3,(H,11,12,13). The van der Waals surface area contributed by atoms with Crippen molar-refractivity contribution in [3.8, 4) is 11.3 Å². The molecule has 0 radical (unpaired) electrons. The molecule has 14 heavy (non-hydrogen) atoms. The second-order valence-corrected chi connectivity index (χ2v) is 3.70. The van der Waals surface area contributed by atoms with Gasteiger partial charge in [0.25, 0.3) is 5.56 Å². The first-order valence-corrected chi connectivity index (χ1v) is 5.36. The average Bonchev–Trinajstić information content (AvgIpc) is 2.70. The molecule has 0 spiro atoms. The molecule has 72 valence electrons. The third-order valence-electron chi connectivity index (χ3n) is 2.10. The van der Waals surface area contributed by atoms with Gasteiger partial charge in [0.2, 0.25) is 0 Å². The van der Waals surface area contributed by atoms with Crippen LogP contribution in [-0.2, 0) is 6.42 Å². The van der Waals surface area contributed by atoms with E-state index in [1.807, 2.05) is 23.8 Å². The first-order chi connectivity index (χ1) is 6.83. The molecule has 2 rings (SSSR count). The highest BCUT2D eigenvalue weighted by molar-refractivity contribution is 7.08. The number of aromatic amines is 1. The maximum Gasteiger partial charge on any atom is 0.254 e. The van der Waals surface area contributed by atoms with Crippen molar-refractivity contribution in [2.75, 3.05) is 0 Å². The van der Waals surface area contributed by atoms with Crippen LogP contribution < -0.4 is 5.56 Å². The summed E-state index contributed by atoms with van der Waals surface area (Å²) in [5.41, 5.74) is 2.55. The van der Waals surface area contributed by atoms with E-state index in [-0.39, 0.29) is 5.56 Å². The van der Waals surface area contributed by atoms with E-state index >= 15 is 0 Å². The van der Waals surface area contributed by atoms with Gasteiger partial charge < -0.3 is 4.98 Å². The topological polar surface area (TPSA) is 45.8 Å². The summed E-state index contributed by atoms with van der Waals surface area (Å²) in [6.07, 6.45) is 2.16. The summed E-state index contributed by atoms with van der Waals surface area (Å²) < 4.78 is 0. The molecule has 0 amide bonds. The van der Waals surface area contributed by atoms with E-state index in [9.17, 15) is 4.79 Å². The summed E-state index contributed by atoms with van der Waals surface area (Å²) in [5.74, 6) is 0. The molecule has 0 fully saturated rings. The van der Waals surface area contributed by atoms with Gasteiger partial charge in [-0.2, -0.15) is 11.3 Å². The van der Waals surface area contributed by atoms with Crippen molar-refractivity contribution in [2.24, 2.45) is 0 Å². The van der Waals surface area contributed by atoms with Gasteiger partial charge in [0.05, 0.1) is 12.0 Å². The minimum atomic E-state index is -0.0382. The second kappa shape index (κ2) is 3.75. The number of H-pyrrole nitrogens is 1. The Labute approximate surface area is 85.5 Å². The SMILES string of the molecule is CCc1c(-c2ccsc2)nc[nH]c1=O. The fraction of sp³-hybridized carbons (Fsp3) is 0.200. The van der Waals surface area contributed by atoms with E-state index in [2.05, 4.69) is 9.97 Å². The van der Waals surface area contributed by atoms with Crippen molar-refractivity contribution in [2.45, 2.75) is 13.3 Å². The van der Waals surface area contributed by atoms with Crippen LogP contribution in [0.3, 0.4) is 0 Å². The number of nitrogens with zero attached hydrogens (tertiary/aromatic N) is 1. The number of rotatable bonds is 2. The van der Waals surface area contributed by atoms with Crippen LogP contribution in [0.5, 0.6) is 0 Å². The molecule has 4 heteroatoms. The summed E-state index contributed by atoms with van der Waals surface area (Å²) in [5, 5.41) is 3.98. The van der Waals surface area contributed by atoms with Crippen LogP contribution in [0, 0.1) is 0 Å². The van der Waals surface area contributed by atoms with E-state index in [4.69, 9.17) is 0 Å². The summed E-state index contributed by atoms with van der Waals surface area (Å²) in [6, 6.07) is 1.98. The Morgan fingerprint density at radius 2 is 2.43 bits per heavy atom. The number of hydrogen-bond donors (Lipinski definition) is 1. The predicted molar refractivity (Wildman–Crippen MR) is 57.5 cm³/mol. The lowest BCUT2D eigenvalue weighted by molar-refractivity contribution is 1.01. The Kier molecular flexibility index (Phi) is 2.45. The zero-order valence-electron chi connectivity index (χ0n) is 7.78. The second-order valence-electron chi connectivity index (χ2n) is 2.92. The van der Waals surface area contributed by atoms with Crippen LogP contribution >= 0.6 is 11.3 Å². The molecule has 0 aliphatic rings. The maximum absolute atomic E-state index is 11.5. The minimum absolute atomic E-state index is 0.0382. The Balaban J connectivity index is 2.64. The molecule has 0 aliphatic carbocycles. The van der Waals surface area contributed by atoms with Gasteiger partial charge in [-0.3, -0.25) is 4.79 Å². The number of nitrogens with one attached hydrogen (secondary N) is 1. The smallest absolute Gasteiger partial charge is 0.254 e. The molecule has 2 aromatic rings. The van der Waals surface area contributed by atoms with E-state index < -0.39 is 0 Å². The maximum atomic E-state index is 11.5. The molecular weight excluding hydrogens is 196 g/mol.